The Kier molecular flexibility index (Phi) is 3.24. The first-order chi connectivity index (χ1) is 9.85. The Morgan fingerprint density at radius 1 is 1.29 bits per heavy atom. The molecule has 7 heteroatoms. The third-order valence-electron chi connectivity index (χ3n) is 3.22. The molecule has 1 aliphatic rings. The van der Waals surface area contributed by atoms with Crippen molar-refractivity contribution in [1.82, 2.24) is 9.38 Å². The lowest BCUT2D eigenvalue weighted by molar-refractivity contribution is -0.239. The van der Waals surface area contributed by atoms with Gasteiger partial charge in [0.25, 0.3) is 5.79 Å². The standard InChI is InChI=1S/C14H13BrN2O4/c1-14(2)20-12(18)10(13(19)21-14)5-9-6-16-11-4-3-8(15)7-17(9)11/h3-4,6-7,10H,5H2,1-2H3. The number of aromatic nitrogens is 2. The van der Waals surface area contributed by atoms with E-state index < -0.39 is 23.6 Å². The van der Waals surface area contributed by atoms with Crippen molar-refractivity contribution < 1.29 is 19.1 Å². The van der Waals surface area contributed by atoms with E-state index in [1.165, 1.54) is 13.8 Å². The number of cyclic esters (lactones) is 2. The fourth-order valence-electron chi connectivity index (χ4n) is 2.28. The Morgan fingerprint density at radius 2 is 1.95 bits per heavy atom. The zero-order valence-corrected chi connectivity index (χ0v) is 13.1. The van der Waals surface area contributed by atoms with Crippen LogP contribution in [0.3, 0.4) is 0 Å². The van der Waals surface area contributed by atoms with Gasteiger partial charge in [0.05, 0.1) is 0 Å². The van der Waals surface area contributed by atoms with E-state index in [-0.39, 0.29) is 6.42 Å². The number of pyridine rings is 1. The van der Waals surface area contributed by atoms with Gasteiger partial charge in [-0.25, -0.2) is 4.98 Å². The molecular weight excluding hydrogens is 340 g/mol. The van der Waals surface area contributed by atoms with Crippen LogP contribution in [0.15, 0.2) is 29.0 Å². The molecule has 1 saturated heterocycles. The first-order valence-corrected chi connectivity index (χ1v) is 7.22. The maximum Gasteiger partial charge on any atom is 0.323 e. The van der Waals surface area contributed by atoms with Crippen LogP contribution in [-0.4, -0.2) is 27.1 Å². The minimum absolute atomic E-state index is 0.186. The molecule has 0 amide bonds. The van der Waals surface area contributed by atoms with Gasteiger partial charge in [0, 0.05) is 42.8 Å². The van der Waals surface area contributed by atoms with Crippen LogP contribution in [-0.2, 0) is 25.5 Å². The zero-order chi connectivity index (χ0) is 15.2. The third-order valence-corrected chi connectivity index (χ3v) is 3.69. The summed E-state index contributed by atoms with van der Waals surface area (Å²) in [6.07, 6.45) is 3.66. The largest absolute Gasteiger partial charge is 0.422 e. The SMILES string of the molecule is CC1(C)OC(=O)C(Cc2cnc3ccc(Br)cn23)C(=O)O1. The van der Waals surface area contributed by atoms with Crippen molar-refractivity contribution in [2.75, 3.05) is 0 Å². The van der Waals surface area contributed by atoms with Crippen LogP contribution >= 0.6 is 15.9 Å². The van der Waals surface area contributed by atoms with Gasteiger partial charge in [0.15, 0.2) is 5.92 Å². The number of halogens is 1. The van der Waals surface area contributed by atoms with E-state index in [4.69, 9.17) is 9.47 Å². The molecule has 0 bridgehead atoms. The predicted octanol–water partition coefficient (Wildman–Crippen LogP) is 2.09. The van der Waals surface area contributed by atoms with Crippen LogP contribution in [0.5, 0.6) is 0 Å². The molecule has 110 valence electrons. The summed E-state index contributed by atoms with van der Waals surface area (Å²) in [4.78, 5) is 28.2. The number of hydrogen-bond acceptors (Lipinski definition) is 5. The minimum Gasteiger partial charge on any atom is -0.422 e. The molecule has 0 unspecified atom stereocenters. The summed E-state index contributed by atoms with van der Waals surface area (Å²) in [5.41, 5.74) is 1.48. The average Bonchev–Trinajstić information content (AvgIpc) is 2.75. The van der Waals surface area contributed by atoms with Crippen LogP contribution < -0.4 is 0 Å². The molecule has 0 radical (unpaired) electrons. The van der Waals surface area contributed by atoms with Gasteiger partial charge < -0.3 is 13.9 Å². The molecule has 21 heavy (non-hydrogen) atoms. The molecule has 3 rings (SSSR count). The molecule has 3 heterocycles. The van der Waals surface area contributed by atoms with Gasteiger partial charge in [-0.3, -0.25) is 9.59 Å². The monoisotopic (exact) mass is 352 g/mol. The first kappa shape index (κ1) is 14.1. The highest BCUT2D eigenvalue weighted by atomic mass is 79.9. The van der Waals surface area contributed by atoms with E-state index in [0.29, 0.717) is 0 Å². The number of imidazole rings is 1. The number of esters is 2. The summed E-state index contributed by atoms with van der Waals surface area (Å²) >= 11 is 3.38. The maximum absolute atomic E-state index is 12.0. The number of nitrogens with zero attached hydrogens (tertiary/aromatic N) is 2. The van der Waals surface area contributed by atoms with Crippen molar-refractivity contribution in [3.8, 4) is 0 Å². The highest BCUT2D eigenvalue weighted by molar-refractivity contribution is 9.10. The van der Waals surface area contributed by atoms with E-state index in [1.54, 1.807) is 6.20 Å². The smallest absolute Gasteiger partial charge is 0.323 e. The molecular formula is C14H13BrN2O4. The summed E-state index contributed by atoms with van der Waals surface area (Å²) in [6.45, 7) is 3.06. The first-order valence-electron chi connectivity index (χ1n) is 6.43. The van der Waals surface area contributed by atoms with Crippen LogP contribution in [0.1, 0.15) is 19.5 Å². The Balaban J connectivity index is 1.90. The Labute approximate surface area is 129 Å². The molecule has 0 spiro atoms. The number of hydrogen-bond donors (Lipinski definition) is 0. The molecule has 6 nitrogen and oxygen atoms in total. The number of carbonyl (C=O) groups is 2. The van der Waals surface area contributed by atoms with Gasteiger partial charge in [0.2, 0.25) is 0 Å². The van der Waals surface area contributed by atoms with Gasteiger partial charge >= 0.3 is 11.9 Å². The van der Waals surface area contributed by atoms with Gasteiger partial charge in [-0.05, 0) is 28.1 Å². The van der Waals surface area contributed by atoms with Crippen molar-refractivity contribution in [1.29, 1.82) is 0 Å². The molecule has 0 atom stereocenters. The van der Waals surface area contributed by atoms with Crippen molar-refractivity contribution in [3.05, 3.63) is 34.7 Å². The second-order valence-electron chi connectivity index (χ2n) is 5.32. The van der Waals surface area contributed by atoms with E-state index in [0.717, 1.165) is 15.8 Å². The van der Waals surface area contributed by atoms with Crippen molar-refractivity contribution in [3.63, 3.8) is 0 Å². The lowest BCUT2D eigenvalue weighted by atomic mass is 10.0. The van der Waals surface area contributed by atoms with E-state index in [1.807, 2.05) is 22.7 Å². The van der Waals surface area contributed by atoms with Crippen LogP contribution in [0.4, 0.5) is 0 Å². The Bertz CT molecular complexity index is 718. The molecule has 0 N–H and O–H groups in total. The van der Waals surface area contributed by atoms with E-state index in [9.17, 15) is 9.59 Å². The number of ether oxygens (including phenoxy) is 2. The van der Waals surface area contributed by atoms with Crippen LogP contribution in [0, 0.1) is 5.92 Å². The van der Waals surface area contributed by atoms with Gasteiger partial charge in [0.1, 0.15) is 5.65 Å². The fourth-order valence-corrected chi connectivity index (χ4v) is 2.61. The van der Waals surface area contributed by atoms with Gasteiger partial charge in [-0.15, -0.1) is 0 Å². The average molecular weight is 353 g/mol. The summed E-state index contributed by atoms with van der Waals surface area (Å²) in [5.74, 6) is -3.30. The summed E-state index contributed by atoms with van der Waals surface area (Å²) < 4.78 is 12.9. The van der Waals surface area contributed by atoms with Crippen molar-refractivity contribution in [2.45, 2.75) is 26.1 Å². The van der Waals surface area contributed by atoms with Gasteiger partial charge in [-0.2, -0.15) is 0 Å². The highest BCUT2D eigenvalue weighted by Crippen LogP contribution is 2.26. The minimum atomic E-state index is -1.20. The van der Waals surface area contributed by atoms with Crippen LogP contribution in [0.2, 0.25) is 0 Å². The van der Waals surface area contributed by atoms with Gasteiger partial charge in [-0.1, -0.05) is 0 Å². The second kappa shape index (κ2) is 4.84. The lowest BCUT2D eigenvalue weighted by Crippen LogP contribution is -2.47. The Morgan fingerprint density at radius 3 is 2.62 bits per heavy atom. The number of fused-ring (bicyclic) bond motifs is 1. The summed E-state index contributed by atoms with van der Waals surface area (Å²) in [7, 11) is 0. The van der Waals surface area contributed by atoms with Crippen molar-refractivity contribution >= 4 is 33.5 Å². The highest BCUT2D eigenvalue weighted by Gasteiger charge is 2.43. The molecule has 0 saturated carbocycles. The van der Waals surface area contributed by atoms with Crippen LogP contribution in [0.25, 0.3) is 5.65 Å². The molecule has 1 fully saturated rings. The predicted molar refractivity (Wildman–Crippen MR) is 76.3 cm³/mol. The second-order valence-corrected chi connectivity index (χ2v) is 6.24. The topological polar surface area (TPSA) is 69.9 Å². The number of carbonyl (C=O) groups excluding carboxylic acids is 2. The summed E-state index contributed by atoms with van der Waals surface area (Å²) in [6, 6.07) is 3.71. The molecule has 2 aromatic rings. The lowest BCUT2D eigenvalue weighted by Gasteiger charge is -2.32. The van der Waals surface area contributed by atoms with E-state index in [2.05, 4.69) is 20.9 Å². The van der Waals surface area contributed by atoms with Crippen molar-refractivity contribution in [2.24, 2.45) is 5.92 Å². The quantitative estimate of drug-likeness (QED) is 0.611. The Hall–Kier alpha value is -1.89. The molecule has 1 aliphatic heterocycles. The molecule has 2 aromatic heterocycles. The fraction of sp³-hybridized carbons (Fsp3) is 0.357. The maximum atomic E-state index is 12.0. The third kappa shape index (κ3) is 2.65. The zero-order valence-electron chi connectivity index (χ0n) is 11.5. The summed E-state index contributed by atoms with van der Waals surface area (Å²) in [5, 5.41) is 0. The number of rotatable bonds is 2. The molecule has 0 aromatic carbocycles. The normalized spacial score (nSPS) is 18.6. The molecule has 0 aliphatic carbocycles. The van der Waals surface area contributed by atoms with E-state index >= 15 is 0 Å².